The van der Waals surface area contributed by atoms with Crippen LogP contribution in [0.5, 0.6) is 0 Å². The minimum atomic E-state index is -0.532. The topological polar surface area (TPSA) is 98.3 Å². The average Bonchev–Trinajstić information content (AvgIpc) is 2.49. The number of amides is 1. The molecule has 1 amide bonds. The van der Waals surface area contributed by atoms with Gasteiger partial charge in [0.1, 0.15) is 0 Å². The third-order valence-corrected chi connectivity index (χ3v) is 4.43. The standard InChI is InChI=1S/C15H21N3O3/c1-11-12(6-5-7-13(11)18(20)21)17-14(19)15(10-16)8-3-2-4-9-15/h5-7H,2-4,8-10,16H2,1H3,(H,17,19). The summed E-state index contributed by atoms with van der Waals surface area (Å²) in [5, 5.41) is 13.8. The Morgan fingerprint density at radius 3 is 2.62 bits per heavy atom. The van der Waals surface area contributed by atoms with E-state index in [1.54, 1.807) is 19.1 Å². The van der Waals surface area contributed by atoms with Crippen LogP contribution in [0.25, 0.3) is 0 Å². The first kappa shape index (κ1) is 15.4. The second-order valence-corrected chi connectivity index (χ2v) is 5.71. The SMILES string of the molecule is Cc1c(NC(=O)C2(CN)CCCCC2)cccc1[N+](=O)[O-]. The van der Waals surface area contributed by atoms with E-state index in [0.29, 0.717) is 17.8 Å². The van der Waals surface area contributed by atoms with Gasteiger partial charge in [0.2, 0.25) is 5.91 Å². The first-order valence-electron chi connectivity index (χ1n) is 7.26. The van der Waals surface area contributed by atoms with Crippen molar-refractivity contribution in [2.24, 2.45) is 11.1 Å². The Hall–Kier alpha value is -1.95. The van der Waals surface area contributed by atoms with Crippen LogP contribution in [0.15, 0.2) is 18.2 Å². The third kappa shape index (κ3) is 3.05. The lowest BCUT2D eigenvalue weighted by atomic mass is 9.73. The monoisotopic (exact) mass is 291 g/mol. The molecule has 0 saturated heterocycles. The highest BCUT2D eigenvalue weighted by Crippen LogP contribution is 2.37. The van der Waals surface area contributed by atoms with Crippen LogP contribution in [0.4, 0.5) is 11.4 Å². The molecule has 1 aliphatic carbocycles. The summed E-state index contributed by atoms with van der Waals surface area (Å²) in [6.07, 6.45) is 4.69. The fraction of sp³-hybridized carbons (Fsp3) is 0.533. The normalized spacial score (nSPS) is 17.2. The zero-order valence-corrected chi connectivity index (χ0v) is 12.2. The van der Waals surface area contributed by atoms with Crippen LogP contribution < -0.4 is 11.1 Å². The molecule has 6 nitrogen and oxygen atoms in total. The van der Waals surface area contributed by atoms with E-state index in [4.69, 9.17) is 5.73 Å². The summed E-state index contributed by atoms with van der Waals surface area (Å²) in [7, 11) is 0. The van der Waals surface area contributed by atoms with Crippen LogP contribution >= 0.6 is 0 Å². The van der Waals surface area contributed by atoms with Gasteiger partial charge < -0.3 is 11.1 Å². The molecule has 21 heavy (non-hydrogen) atoms. The zero-order valence-electron chi connectivity index (χ0n) is 12.2. The summed E-state index contributed by atoms with van der Waals surface area (Å²) >= 11 is 0. The summed E-state index contributed by atoms with van der Waals surface area (Å²) < 4.78 is 0. The van der Waals surface area contributed by atoms with Crippen molar-refractivity contribution in [3.8, 4) is 0 Å². The fourth-order valence-corrected chi connectivity index (χ4v) is 2.96. The lowest BCUT2D eigenvalue weighted by Crippen LogP contribution is -2.43. The van der Waals surface area contributed by atoms with Crippen molar-refractivity contribution in [1.82, 2.24) is 0 Å². The van der Waals surface area contributed by atoms with Gasteiger partial charge in [-0.3, -0.25) is 14.9 Å². The molecule has 1 aliphatic rings. The van der Waals surface area contributed by atoms with Gasteiger partial charge in [-0.2, -0.15) is 0 Å². The summed E-state index contributed by atoms with van der Waals surface area (Å²) in [6, 6.07) is 4.70. The number of nitrogens with two attached hydrogens (primary N) is 1. The van der Waals surface area contributed by atoms with Crippen molar-refractivity contribution >= 4 is 17.3 Å². The Morgan fingerprint density at radius 1 is 1.38 bits per heavy atom. The van der Waals surface area contributed by atoms with Gasteiger partial charge in [-0.05, 0) is 25.8 Å². The fourth-order valence-electron chi connectivity index (χ4n) is 2.96. The van der Waals surface area contributed by atoms with Gasteiger partial charge in [0.15, 0.2) is 0 Å². The van der Waals surface area contributed by atoms with Gasteiger partial charge in [0.05, 0.1) is 21.6 Å². The minimum Gasteiger partial charge on any atom is -0.329 e. The Morgan fingerprint density at radius 2 is 2.05 bits per heavy atom. The van der Waals surface area contributed by atoms with Crippen LogP contribution in [0, 0.1) is 22.5 Å². The number of nitro benzene ring substituents is 1. The number of hydrogen-bond acceptors (Lipinski definition) is 4. The van der Waals surface area contributed by atoms with E-state index in [9.17, 15) is 14.9 Å². The quantitative estimate of drug-likeness (QED) is 0.658. The second-order valence-electron chi connectivity index (χ2n) is 5.71. The predicted octanol–water partition coefficient (Wildman–Crippen LogP) is 2.75. The van der Waals surface area contributed by atoms with Gasteiger partial charge in [-0.1, -0.05) is 25.3 Å². The molecule has 1 aromatic carbocycles. The average molecular weight is 291 g/mol. The van der Waals surface area contributed by atoms with E-state index in [1.165, 1.54) is 6.07 Å². The molecule has 0 heterocycles. The predicted molar refractivity (Wildman–Crippen MR) is 81.0 cm³/mol. The Bertz CT molecular complexity index is 551. The molecule has 0 unspecified atom stereocenters. The van der Waals surface area contributed by atoms with E-state index in [1.807, 2.05) is 0 Å². The van der Waals surface area contributed by atoms with E-state index in [0.717, 1.165) is 32.1 Å². The molecule has 0 aromatic heterocycles. The number of rotatable bonds is 4. The largest absolute Gasteiger partial charge is 0.329 e. The first-order chi connectivity index (χ1) is 10.00. The highest BCUT2D eigenvalue weighted by atomic mass is 16.6. The number of nitro groups is 1. The highest BCUT2D eigenvalue weighted by Gasteiger charge is 2.38. The Kier molecular flexibility index (Phi) is 4.57. The van der Waals surface area contributed by atoms with Crippen LogP contribution in [-0.2, 0) is 4.79 Å². The number of carbonyl (C=O) groups is 1. The van der Waals surface area contributed by atoms with Crippen molar-refractivity contribution in [1.29, 1.82) is 0 Å². The number of nitrogens with zero attached hydrogens (tertiary/aromatic N) is 1. The van der Waals surface area contributed by atoms with E-state index in [2.05, 4.69) is 5.32 Å². The van der Waals surface area contributed by atoms with Gasteiger partial charge >= 0.3 is 0 Å². The molecule has 114 valence electrons. The number of benzene rings is 1. The molecular weight excluding hydrogens is 270 g/mol. The molecule has 3 N–H and O–H groups in total. The summed E-state index contributed by atoms with van der Waals surface area (Å²) in [5.74, 6) is -0.117. The number of anilines is 1. The van der Waals surface area contributed by atoms with Crippen molar-refractivity contribution in [3.05, 3.63) is 33.9 Å². The van der Waals surface area contributed by atoms with Gasteiger partial charge in [-0.15, -0.1) is 0 Å². The molecule has 1 aromatic rings. The van der Waals surface area contributed by atoms with Crippen molar-refractivity contribution in [2.75, 3.05) is 11.9 Å². The van der Waals surface area contributed by atoms with E-state index < -0.39 is 10.3 Å². The number of carbonyl (C=O) groups excluding carboxylic acids is 1. The molecular formula is C15H21N3O3. The van der Waals surface area contributed by atoms with Crippen molar-refractivity contribution in [3.63, 3.8) is 0 Å². The summed E-state index contributed by atoms with van der Waals surface area (Å²) in [4.78, 5) is 23.1. The summed E-state index contributed by atoms with van der Waals surface area (Å²) in [6.45, 7) is 1.95. The maximum atomic E-state index is 12.6. The lowest BCUT2D eigenvalue weighted by molar-refractivity contribution is -0.385. The van der Waals surface area contributed by atoms with E-state index in [-0.39, 0.29) is 11.6 Å². The van der Waals surface area contributed by atoms with Gasteiger partial charge in [-0.25, -0.2) is 0 Å². The maximum absolute atomic E-state index is 12.6. The Balaban J connectivity index is 2.23. The van der Waals surface area contributed by atoms with E-state index >= 15 is 0 Å². The van der Waals surface area contributed by atoms with Crippen molar-refractivity contribution < 1.29 is 9.72 Å². The maximum Gasteiger partial charge on any atom is 0.274 e. The third-order valence-electron chi connectivity index (χ3n) is 4.43. The van der Waals surface area contributed by atoms with Crippen molar-refractivity contribution in [2.45, 2.75) is 39.0 Å². The van der Waals surface area contributed by atoms with Gasteiger partial charge in [0.25, 0.3) is 5.69 Å². The summed E-state index contributed by atoms with van der Waals surface area (Å²) in [5.41, 5.74) is 6.28. The number of hydrogen-bond donors (Lipinski definition) is 2. The first-order valence-corrected chi connectivity index (χ1v) is 7.26. The molecule has 0 spiro atoms. The van der Waals surface area contributed by atoms with Gasteiger partial charge in [0, 0.05) is 12.6 Å². The molecule has 6 heteroatoms. The Labute approximate surface area is 123 Å². The molecule has 1 saturated carbocycles. The molecule has 2 rings (SSSR count). The highest BCUT2D eigenvalue weighted by molar-refractivity contribution is 5.96. The minimum absolute atomic E-state index is 0.0123. The molecule has 0 bridgehead atoms. The lowest BCUT2D eigenvalue weighted by Gasteiger charge is -2.34. The zero-order chi connectivity index (χ0) is 15.5. The van der Waals surface area contributed by atoms with Crippen LogP contribution in [0.1, 0.15) is 37.7 Å². The molecule has 0 radical (unpaired) electrons. The van der Waals surface area contributed by atoms with Crippen LogP contribution in [0.2, 0.25) is 0 Å². The molecule has 1 fully saturated rings. The molecule has 0 aliphatic heterocycles. The second kappa shape index (κ2) is 6.22. The number of nitrogens with one attached hydrogen (secondary N) is 1. The molecule has 0 atom stereocenters. The smallest absolute Gasteiger partial charge is 0.274 e. The van der Waals surface area contributed by atoms with Crippen LogP contribution in [-0.4, -0.2) is 17.4 Å². The van der Waals surface area contributed by atoms with Crippen LogP contribution in [0.3, 0.4) is 0 Å².